The van der Waals surface area contributed by atoms with E-state index in [4.69, 9.17) is 11.0 Å². The smallest absolute Gasteiger partial charge is 0.124 e. The van der Waals surface area contributed by atoms with Crippen molar-refractivity contribution < 1.29 is 4.39 Å². The molecule has 2 N–H and O–H groups in total. The Morgan fingerprint density at radius 2 is 1.76 bits per heavy atom. The van der Waals surface area contributed by atoms with Crippen LogP contribution < -0.4 is 5.73 Å². The summed E-state index contributed by atoms with van der Waals surface area (Å²) in [6.07, 6.45) is 0. The predicted octanol–water partition coefficient (Wildman–Crippen LogP) is 2.66. The number of benzene rings is 2. The monoisotopic (exact) mass is 283 g/mol. The van der Waals surface area contributed by atoms with E-state index in [9.17, 15) is 4.39 Å². The lowest BCUT2D eigenvalue weighted by molar-refractivity contribution is 0.264. The molecule has 2 aromatic carbocycles. The minimum atomic E-state index is -0.378. The summed E-state index contributed by atoms with van der Waals surface area (Å²) in [7, 11) is 0. The van der Waals surface area contributed by atoms with Gasteiger partial charge in [-0.05, 0) is 29.3 Å². The van der Waals surface area contributed by atoms with Crippen LogP contribution in [-0.4, -0.2) is 18.0 Å². The maximum atomic E-state index is 13.5. The Morgan fingerprint density at radius 3 is 2.43 bits per heavy atom. The molecular formula is C17H18FN3. The number of nitrogens with two attached hydrogens (primary N) is 1. The molecule has 21 heavy (non-hydrogen) atoms. The van der Waals surface area contributed by atoms with Gasteiger partial charge in [-0.3, -0.25) is 4.90 Å². The Kier molecular flexibility index (Phi) is 5.44. The van der Waals surface area contributed by atoms with Gasteiger partial charge in [-0.1, -0.05) is 30.3 Å². The first kappa shape index (κ1) is 15.2. The second-order valence-corrected chi connectivity index (χ2v) is 4.94. The fourth-order valence-electron chi connectivity index (χ4n) is 2.30. The van der Waals surface area contributed by atoms with Gasteiger partial charge in [0.2, 0.25) is 0 Å². The third kappa shape index (κ3) is 4.67. The molecule has 0 radical (unpaired) electrons. The summed E-state index contributed by atoms with van der Waals surface area (Å²) in [4.78, 5) is 2.14. The van der Waals surface area contributed by atoms with Crippen LogP contribution in [-0.2, 0) is 13.1 Å². The van der Waals surface area contributed by atoms with Gasteiger partial charge in [-0.25, -0.2) is 4.39 Å². The largest absolute Gasteiger partial charge is 0.329 e. The SMILES string of the molecule is N#Cc1cc(F)cc(CN(CCN)Cc2ccccc2)c1. The highest BCUT2D eigenvalue weighted by Crippen LogP contribution is 2.13. The molecule has 0 saturated heterocycles. The van der Waals surface area contributed by atoms with Gasteiger partial charge >= 0.3 is 0 Å². The molecule has 2 aromatic rings. The van der Waals surface area contributed by atoms with E-state index in [1.165, 1.54) is 17.7 Å². The summed E-state index contributed by atoms with van der Waals surface area (Å²) in [6.45, 7) is 2.57. The summed E-state index contributed by atoms with van der Waals surface area (Å²) in [5.41, 5.74) is 7.97. The molecule has 0 atom stereocenters. The summed E-state index contributed by atoms with van der Waals surface area (Å²) < 4.78 is 13.5. The van der Waals surface area contributed by atoms with E-state index in [0.717, 1.165) is 12.1 Å². The quantitative estimate of drug-likeness (QED) is 0.886. The van der Waals surface area contributed by atoms with E-state index in [2.05, 4.69) is 17.0 Å². The van der Waals surface area contributed by atoms with Crippen molar-refractivity contribution in [1.29, 1.82) is 5.26 Å². The Bertz CT molecular complexity index is 620. The van der Waals surface area contributed by atoms with Crippen LogP contribution in [0.5, 0.6) is 0 Å². The molecule has 108 valence electrons. The van der Waals surface area contributed by atoms with Gasteiger partial charge in [0, 0.05) is 26.2 Å². The van der Waals surface area contributed by atoms with Crippen LogP contribution >= 0.6 is 0 Å². The number of rotatable bonds is 6. The van der Waals surface area contributed by atoms with E-state index >= 15 is 0 Å². The average molecular weight is 283 g/mol. The van der Waals surface area contributed by atoms with E-state index in [-0.39, 0.29) is 5.82 Å². The summed E-state index contributed by atoms with van der Waals surface area (Å²) >= 11 is 0. The fraction of sp³-hybridized carbons (Fsp3) is 0.235. The number of halogens is 1. The first-order valence-corrected chi connectivity index (χ1v) is 6.87. The van der Waals surface area contributed by atoms with Crippen molar-refractivity contribution in [2.45, 2.75) is 13.1 Å². The van der Waals surface area contributed by atoms with Gasteiger partial charge in [0.1, 0.15) is 5.82 Å². The summed E-state index contributed by atoms with van der Waals surface area (Å²) in [5.74, 6) is -0.378. The normalized spacial score (nSPS) is 10.6. The molecule has 0 spiro atoms. The molecule has 0 aliphatic rings. The van der Waals surface area contributed by atoms with E-state index in [1.54, 1.807) is 6.07 Å². The molecule has 0 amide bonds. The van der Waals surface area contributed by atoms with Crippen LogP contribution in [0, 0.1) is 17.1 Å². The minimum Gasteiger partial charge on any atom is -0.329 e. The third-order valence-corrected chi connectivity index (χ3v) is 3.19. The van der Waals surface area contributed by atoms with E-state index in [0.29, 0.717) is 25.2 Å². The second-order valence-electron chi connectivity index (χ2n) is 4.94. The van der Waals surface area contributed by atoms with E-state index < -0.39 is 0 Å². The van der Waals surface area contributed by atoms with Crippen LogP contribution in [0.25, 0.3) is 0 Å². The Labute approximate surface area is 124 Å². The molecule has 0 aliphatic heterocycles. The van der Waals surface area contributed by atoms with Crippen LogP contribution in [0.15, 0.2) is 48.5 Å². The topological polar surface area (TPSA) is 53.0 Å². The van der Waals surface area contributed by atoms with Crippen molar-refractivity contribution in [3.8, 4) is 6.07 Å². The number of nitrogens with zero attached hydrogens (tertiary/aromatic N) is 2. The number of nitriles is 1. The van der Waals surface area contributed by atoms with Crippen molar-refractivity contribution in [3.63, 3.8) is 0 Å². The van der Waals surface area contributed by atoms with Crippen molar-refractivity contribution in [2.75, 3.05) is 13.1 Å². The van der Waals surface area contributed by atoms with Gasteiger partial charge in [0.25, 0.3) is 0 Å². The maximum Gasteiger partial charge on any atom is 0.124 e. The molecule has 0 heterocycles. The average Bonchev–Trinajstić information content (AvgIpc) is 2.48. The molecular weight excluding hydrogens is 265 g/mol. The van der Waals surface area contributed by atoms with Gasteiger partial charge < -0.3 is 5.73 Å². The lowest BCUT2D eigenvalue weighted by Gasteiger charge is -2.22. The highest BCUT2D eigenvalue weighted by molar-refractivity contribution is 5.33. The fourth-order valence-corrected chi connectivity index (χ4v) is 2.30. The van der Waals surface area contributed by atoms with Crippen molar-refractivity contribution in [2.24, 2.45) is 5.73 Å². The Morgan fingerprint density at radius 1 is 1.05 bits per heavy atom. The highest BCUT2D eigenvalue weighted by Gasteiger charge is 2.08. The zero-order valence-corrected chi connectivity index (χ0v) is 11.8. The molecule has 0 fully saturated rings. The van der Waals surface area contributed by atoms with Crippen LogP contribution in [0.1, 0.15) is 16.7 Å². The molecule has 0 aromatic heterocycles. The Balaban J connectivity index is 2.13. The number of hydrogen-bond acceptors (Lipinski definition) is 3. The van der Waals surface area contributed by atoms with Crippen molar-refractivity contribution in [1.82, 2.24) is 4.90 Å². The lowest BCUT2D eigenvalue weighted by atomic mass is 10.1. The maximum absolute atomic E-state index is 13.5. The van der Waals surface area contributed by atoms with Crippen LogP contribution in [0.2, 0.25) is 0 Å². The van der Waals surface area contributed by atoms with Gasteiger partial charge in [-0.2, -0.15) is 5.26 Å². The minimum absolute atomic E-state index is 0.345. The van der Waals surface area contributed by atoms with Crippen LogP contribution in [0.3, 0.4) is 0 Å². The molecule has 0 aliphatic carbocycles. The summed E-state index contributed by atoms with van der Waals surface area (Å²) in [5, 5.41) is 8.91. The molecule has 2 rings (SSSR count). The second kappa shape index (κ2) is 7.53. The van der Waals surface area contributed by atoms with E-state index in [1.807, 2.05) is 24.3 Å². The van der Waals surface area contributed by atoms with Gasteiger partial charge in [0.05, 0.1) is 11.6 Å². The molecule has 3 nitrogen and oxygen atoms in total. The molecule has 4 heteroatoms. The molecule has 0 bridgehead atoms. The third-order valence-electron chi connectivity index (χ3n) is 3.19. The molecule has 0 unspecified atom stereocenters. The van der Waals surface area contributed by atoms with Crippen LogP contribution in [0.4, 0.5) is 4.39 Å². The highest BCUT2D eigenvalue weighted by atomic mass is 19.1. The van der Waals surface area contributed by atoms with Gasteiger partial charge in [-0.15, -0.1) is 0 Å². The zero-order valence-electron chi connectivity index (χ0n) is 11.8. The lowest BCUT2D eigenvalue weighted by Crippen LogP contribution is -2.28. The number of hydrogen-bond donors (Lipinski definition) is 1. The standard InChI is InChI=1S/C17H18FN3/c18-17-9-15(11-20)8-16(10-17)13-21(7-6-19)12-14-4-2-1-3-5-14/h1-5,8-10H,6-7,12-13,19H2. The summed E-state index contributed by atoms with van der Waals surface area (Å²) in [6, 6.07) is 16.5. The zero-order chi connectivity index (χ0) is 15.1. The van der Waals surface area contributed by atoms with Crippen molar-refractivity contribution >= 4 is 0 Å². The Hall–Kier alpha value is -2.22. The first-order valence-electron chi connectivity index (χ1n) is 6.87. The molecule has 0 saturated carbocycles. The van der Waals surface area contributed by atoms with Gasteiger partial charge in [0.15, 0.2) is 0 Å². The predicted molar refractivity (Wildman–Crippen MR) is 80.7 cm³/mol. The first-order chi connectivity index (χ1) is 10.2. The van der Waals surface area contributed by atoms with Crippen molar-refractivity contribution in [3.05, 3.63) is 71.0 Å².